The van der Waals surface area contributed by atoms with Crippen LogP contribution in [0.4, 0.5) is 20.3 Å². The van der Waals surface area contributed by atoms with E-state index in [1.807, 2.05) is 11.0 Å². The van der Waals surface area contributed by atoms with Gasteiger partial charge < -0.3 is 20.1 Å². The molecule has 2 saturated heterocycles. The van der Waals surface area contributed by atoms with Gasteiger partial charge in [0.15, 0.2) is 0 Å². The lowest BCUT2D eigenvalue weighted by Crippen LogP contribution is -2.36. The molecule has 2 atom stereocenters. The third kappa shape index (κ3) is 6.38. The molecule has 0 unspecified atom stereocenters. The fourth-order valence-corrected chi connectivity index (χ4v) is 5.79. The fraction of sp³-hybridized carbons (Fsp3) is 0.571. The highest BCUT2D eigenvalue weighted by atomic mass is 19.1. The number of aryl methyl sites for hydroxylation is 2. The van der Waals surface area contributed by atoms with Crippen LogP contribution in [0.5, 0.6) is 0 Å². The minimum absolute atomic E-state index is 0.203. The molecule has 0 radical (unpaired) electrons. The number of pyridine rings is 1. The number of carboxylic acid groups (broad SMARTS) is 1. The number of carbonyl (C=O) groups is 1. The van der Waals surface area contributed by atoms with Gasteiger partial charge in [0.25, 0.3) is 0 Å². The van der Waals surface area contributed by atoms with Crippen molar-refractivity contribution in [2.45, 2.75) is 50.1 Å². The van der Waals surface area contributed by atoms with E-state index in [0.29, 0.717) is 64.2 Å². The number of halogens is 2. The van der Waals surface area contributed by atoms with E-state index < -0.39 is 23.4 Å². The van der Waals surface area contributed by atoms with E-state index in [1.54, 1.807) is 12.1 Å². The third-order valence-corrected chi connectivity index (χ3v) is 7.86. The molecule has 37 heavy (non-hydrogen) atoms. The summed E-state index contributed by atoms with van der Waals surface area (Å²) in [6.45, 7) is 4.60. The largest absolute Gasteiger partial charge is 0.481 e. The molecule has 0 spiro atoms. The highest BCUT2D eigenvalue weighted by Crippen LogP contribution is 2.34. The minimum atomic E-state index is -1.37. The number of benzene rings is 1. The Bertz CT molecular complexity index is 1110. The van der Waals surface area contributed by atoms with Gasteiger partial charge in [-0.25, -0.2) is 13.8 Å². The van der Waals surface area contributed by atoms with Crippen LogP contribution in [0.25, 0.3) is 0 Å². The number of rotatable bonds is 9. The molecule has 200 valence electrons. The third-order valence-electron chi connectivity index (χ3n) is 7.86. The van der Waals surface area contributed by atoms with E-state index in [4.69, 9.17) is 9.72 Å². The van der Waals surface area contributed by atoms with Gasteiger partial charge in [0.2, 0.25) is 0 Å². The first-order chi connectivity index (χ1) is 17.9. The van der Waals surface area contributed by atoms with Crippen LogP contribution in [0.3, 0.4) is 0 Å². The van der Waals surface area contributed by atoms with Gasteiger partial charge in [0, 0.05) is 56.6 Å². The summed E-state index contributed by atoms with van der Waals surface area (Å²) in [6.07, 6.45) is 3.21. The number of fused-ring (bicyclic) bond motifs is 1. The van der Waals surface area contributed by atoms with Crippen LogP contribution < -0.4 is 10.2 Å². The summed E-state index contributed by atoms with van der Waals surface area (Å²) in [5, 5.41) is 12.9. The van der Waals surface area contributed by atoms with Crippen LogP contribution in [0.15, 0.2) is 30.3 Å². The second-order valence-electron chi connectivity index (χ2n) is 10.6. The van der Waals surface area contributed by atoms with Crippen molar-refractivity contribution >= 4 is 17.5 Å². The van der Waals surface area contributed by atoms with E-state index in [-0.39, 0.29) is 13.0 Å². The lowest BCUT2D eigenvalue weighted by molar-refractivity contribution is -0.137. The molecule has 2 fully saturated rings. The first-order valence-electron chi connectivity index (χ1n) is 13.4. The number of likely N-dealkylation sites (tertiary alicyclic amines) is 1. The molecule has 0 amide bonds. The van der Waals surface area contributed by atoms with E-state index in [1.165, 1.54) is 11.6 Å². The number of carboxylic acids is 1. The predicted molar refractivity (Wildman–Crippen MR) is 139 cm³/mol. The van der Waals surface area contributed by atoms with E-state index in [0.717, 1.165) is 36.6 Å². The zero-order valence-electron chi connectivity index (χ0n) is 21.2. The summed E-state index contributed by atoms with van der Waals surface area (Å²) in [5.74, 6) is -1.04. The number of anilines is 2. The molecule has 3 aliphatic rings. The van der Waals surface area contributed by atoms with Gasteiger partial charge in [-0.1, -0.05) is 6.07 Å². The Kier molecular flexibility index (Phi) is 7.90. The highest BCUT2D eigenvalue weighted by Gasteiger charge is 2.39. The minimum Gasteiger partial charge on any atom is -0.481 e. The molecule has 1 aromatic carbocycles. The van der Waals surface area contributed by atoms with E-state index >= 15 is 4.39 Å². The predicted octanol–water partition coefficient (Wildman–Crippen LogP) is 4.02. The van der Waals surface area contributed by atoms with Crippen molar-refractivity contribution in [1.29, 1.82) is 0 Å². The van der Waals surface area contributed by atoms with Crippen LogP contribution >= 0.6 is 0 Å². The van der Waals surface area contributed by atoms with Crippen LogP contribution in [0.1, 0.15) is 48.4 Å². The van der Waals surface area contributed by atoms with Gasteiger partial charge in [-0.3, -0.25) is 9.69 Å². The summed E-state index contributed by atoms with van der Waals surface area (Å²) in [7, 11) is 0. The van der Waals surface area contributed by atoms with Gasteiger partial charge >= 0.3 is 5.97 Å². The van der Waals surface area contributed by atoms with Crippen molar-refractivity contribution in [2.75, 3.05) is 62.7 Å². The van der Waals surface area contributed by atoms with Crippen molar-refractivity contribution in [2.24, 2.45) is 0 Å². The standard InChI is InChI=1S/C28H36F2N4O3/c29-25-6-5-23(34-12-14-37-15-13-34)17-24(25)21(16-26(35)36)18-33-11-9-28(30,19-33)8-7-22-4-3-20-2-1-10-31-27(20)32-22/h3-6,17,21H,1-2,7-16,18-19H2,(H,31,32)(H,35,36)/t21-,28-/m1/s1. The Labute approximate surface area is 216 Å². The molecule has 9 heteroatoms. The molecule has 0 saturated carbocycles. The van der Waals surface area contributed by atoms with Gasteiger partial charge in [0.1, 0.15) is 17.3 Å². The van der Waals surface area contributed by atoms with Gasteiger partial charge in [-0.2, -0.15) is 0 Å². The topological polar surface area (TPSA) is 77.9 Å². The number of morpholine rings is 1. The normalized spacial score (nSPS) is 22.9. The smallest absolute Gasteiger partial charge is 0.304 e. The number of nitrogens with zero attached hydrogens (tertiary/aromatic N) is 3. The average molecular weight is 515 g/mol. The van der Waals surface area contributed by atoms with E-state index in [9.17, 15) is 14.3 Å². The van der Waals surface area contributed by atoms with Crippen LogP contribution in [-0.2, 0) is 22.4 Å². The molecule has 1 aromatic heterocycles. The first-order valence-corrected chi connectivity index (χ1v) is 13.4. The molecule has 7 nitrogen and oxygen atoms in total. The summed E-state index contributed by atoms with van der Waals surface area (Å²) in [6, 6.07) is 9.00. The monoisotopic (exact) mass is 514 g/mol. The summed E-state index contributed by atoms with van der Waals surface area (Å²) in [5.41, 5.74) is 1.98. The number of alkyl halides is 1. The molecule has 5 rings (SSSR count). The Morgan fingerprint density at radius 2 is 2.05 bits per heavy atom. The highest BCUT2D eigenvalue weighted by molar-refractivity contribution is 5.68. The molecule has 3 aliphatic heterocycles. The summed E-state index contributed by atoms with van der Waals surface area (Å²) < 4.78 is 36.2. The number of aromatic nitrogens is 1. The maximum atomic E-state index is 15.8. The second kappa shape index (κ2) is 11.3. The summed E-state index contributed by atoms with van der Waals surface area (Å²) in [4.78, 5) is 20.5. The van der Waals surface area contributed by atoms with Crippen molar-refractivity contribution in [3.8, 4) is 0 Å². The van der Waals surface area contributed by atoms with Gasteiger partial charge in [-0.05, 0) is 67.5 Å². The van der Waals surface area contributed by atoms with Crippen molar-refractivity contribution in [1.82, 2.24) is 9.88 Å². The number of hydrogen-bond donors (Lipinski definition) is 2. The van der Waals surface area contributed by atoms with Crippen LogP contribution in [-0.4, -0.2) is 79.1 Å². The Hall–Kier alpha value is -2.78. The quantitative estimate of drug-likeness (QED) is 0.523. The van der Waals surface area contributed by atoms with E-state index in [2.05, 4.69) is 16.3 Å². The first kappa shape index (κ1) is 25.9. The second-order valence-corrected chi connectivity index (χ2v) is 10.6. The van der Waals surface area contributed by atoms with Crippen molar-refractivity contribution < 1.29 is 23.4 Å². The zero-order valence-corrected chi connectivity index (χ0v) is 21.2. The van der Waals surface area contributed by atoms with Crippen LogP contribution in [0, 0.1) is 5.82 Å². The molecular formula is C28H36F2N4O3. The van der Waals surface area contributed by atoms with Gasteiger partial charge in [-0.15, -0.1) is 0 Å². The Morgan fingerprint density at radius 1 is 1.22 bits per heavy atom. The molecule has 2 N–H and O–H groups in total. The van der Waals surface area contributed by atoms with Crippen LogP contribution in [0.2, 0.25) is 0 Å². The molecule has 4 heterocycles. The Morgan fingerprint density at radius 3 is 2.86 bits per heavy atom. The molecule has 2 aromatic rings. The lowest BCUT2D eigenvalue weighted by atomic mass is 9.93. The van der Waals surface area contributed by atoms with Crippen molar-refractivity contribution in [3.63, 3.8) is 0 Å². The lowest BCUT2D eigenvalue weighted by Gasteiger charge is -2.30. The maximum absolute atomic E-state index is 15.8. The molecule has 0 bridgehead atoms. The molecule has 0 aliphatic carbocycles. The number of aliphatic carboxylic acids is 1. The molecular weight excluding hydrogens is 478 g/mol. The fourth-order valence-electron chi connectivity index (χ4n) is 5.79. The van der Waals surface area contributed by atoms with Crippen molar-refractivity contribution in [3.05, 3.63) is 53.0 Å². The number of ether oxygens (including phenoxy) is 1. The number of hydrogen-bond acceptors (Lipinski definition) is 6. The zero-order chi connectivity index (χ0) is 25.8. The summed E-state index contributed by atoms with van der Waals surface area (Å²) >= 11 is 0. The number of nitrogens with one attached hydrogen (secondary N) is 1. The average Bonchev–Trinajstić information content (AvgIpc) is 3.28. The SMILES string of the molecule is O=C(O)C[C@H](CN1CC[C@](F)(CCc2ccc3c(n2)NCCC3)C1)c1cc(N2CCOCC2)ccc1F. The maximum Gasteiger partial charge on any atom is 0.304 e. The Balaban J connectivity index is 1.24. The van der Waals surface area contributed by atoms with Gasteiger partial charge in [0.05, 0.1) is 19.6 Å².